The lowest BCUT2D eigenvalue weighted by molar-refractivity contribution is -0.395. The summed E-state index contributed by atoms with van der Waals surface area (Å²) >= 11 is 0. The number of esters is 1. The molecule has 1 unspecified atom stereocenters. The topological polar surface area (TPSA) is 54.0 Å². The van der Waals surface area contributed by atoms with Gasteiger partial charge in [-0.05, 0) is 23.3 Å². The first-order chi connectivity index (χ1) is 12.5. The van der Waals surface area contributed by atoms with Gasteiger partial charge in [-0.25, -0.2) is 4.79 Å². The molecule has 0 saturated carbocycles. The Bertz CT molecular complexity index is 858. The monoisotopic (exact) mass is 352 g/mol. The maximum atomic E-state index is 11.9. The normalized spacial score (nSPS) is 29.7. The van der Waals surface area contributed by atoms with Gasteiger partial charge in [0.15, 0.2) is 0 Å². The van der Waals surface area contributed by atoms with Crippen molar-refractivity contribution in [2.75, 3.05) is 14.2 Å². The zero-order chi connectivity index (χ0) is 18.4. The summed E-state index contributed by atoms with van der Waals surface area (Å²) < 4.78 is 22.7. The molecule has 1 saturated heterocycles. The lowest BCUT2D eigenvalue weighted by atomic mass is 9.65. The molecule has 134 valence electrons. The molecule has 0 aromatic heterocycles. The predicted octanol–water partition coefficient (Wildman–Crippen LogP) is 3.39. The fourth-order valence-electron chi connectivity index (χ4n) is 4.03. The van der Waals surface area contributed by atoms with E-state index in [2.05, 4.69) is 0 Å². The molecule has 2 heterocycles. The molecule has 1 fully saturated rings. The number of fused-ring (bicyclic) bond motifs is 1. The second-order valence-electron chi connectivity index (χ2n) is 6.55. The van der Waals surface area contributed by atoms with Crippen LogP contribution in [-0.4, -0.2) is 26.0 Å². The van der Waals surface area contributed by atoms with E-state index < -0.39 is 17.4 Å². The van der Waals surface area contributed by atoms with Crippen LogP contribution in [0.2, 0.25) is 0 Å². The Kier molecular flexibility index (Phi) is 3.77. The largest absolute Gasteiger partial charge is 0.500 e. The van der Waals surface area contributed by atoms with E-state index in [0.717, 1.165) is 16.9 Å². The quantitative estimate of drug-likeness (QED) is 0.790. The third-order valence-corrected chi connectivity index (χ3v) is 5.10. The molecule has 2 aromatic rings. The molecule has 4 rings (SSSR count). The Morgan fingerprint density at radius 2 is 1.58 bits per heavy atom. The van der Waals surface area contributed by atoms with E-state index in [4.69, 9.17) is 18.9 Å². The van der Waals surface area contributed by atoms with Gasteiger partial charge < -0.3 is 18.9 Å². The van der Waals surface area contributed by atoms with Gasteiger partial charge in [0.2, 0.25) is 5.79 Å². The summed E-state index contributed by atoms with van der Waals surface area (Å²) in [6.45, 7) is 1.77. The Morgan fingerprint density at radius 1 is 0.923 bits per heavy atom. The average Bonchev–Trinajstić information content (AvgIpc) is 2.65. The second kappa shape index (κ2) is 5.88. The highest BCUT2D eigenvalue weighted by molar-refractivity contribution is 5.84. The summed E-state index contributed by atoms with van der Waals surface area (Å²) in [7, 11) is 3.19. The summed E-state index contributed by atoms with van der Waals surface area (Å²) in [5.74, 6) is -0.524. The van der Waals surface area contributed by atoms with Gasteiger partial charge in [0, 0.05) is 6.92 Å². The van der Waals surface area contributed by atoms with Gasteiger partial charge in [0.05, 0.1) is 20.3 Å². The van der Waals surface area contributed by atoms with E-state index in [0.29, 0.717) is 5.76 Å². The van der Waals surface area contributed by atoms with Crippen LogP contribution in [0.15, 0.2) is 66.4 Å². The van der Waals surface area contributed by atoms with Crippen LogP contribution < -0.4 is 4.74 Å². The third-order valence-electron chi connectivity index (χ3n) is 5.10. The van der Waals surface area contributed by atoms with E-state index in [1.165, 1.54) is 6.08 Å². The number of hydrogen-bond donors (Lipinski definition) is 0. The first-order valence-corrected chi connectivity index (χ1v) is 8.42. The molecule has 5 nitrogen and oxygen atoms in total. The number of ether oxygens (including phenoxy) is 4. The van der Waals surface area contributed by atoms with Gasteiger partial charge in [-0.2, -0.15) is 0 Å². The zero-order valence-corrected chi connectivity index (χ0v) is 14.9. The lowest BCUT2D eigenvalue weighted by Crippen LogP contribution is -2.69. The Hall–Kier alpha value is -2.79. The molecule has 0 bridgehead atoms. The van der Waals surface area contributed by atoms with E-state index in [1.807, 2.05) is 54.6 Å². The van der Waals surface area contributed by atoms with Crippen LogP contribution in [-0.2, 0) is 24.6 Å². The van der Waals surface area contributed by atoms with Gasteiger partial charge >= 0.3 is 5.97 Å². The fourth-order valence-corrected chi connectivity index (χ4v) is 4.03. The number of rotatable bonds is 4. The molecule has 2 aliphatic rings. The predicted molar refractivity (Wildman–Crippen MR) is 94.4 cm³/mol. The molecular formula is C21H20O5. The summed E-state index contributed by atoms with van der Waals surface area (Å²) in [6, 6.07) is 17.6. The van der Waals surface area contributed by atoms with Crippen LogP contribution in [0, 0.1) is 5.92 Å². The number of methoxy groups -OCH3 is 2. The third kappa shape index (κ3) is 2.24. The Balaban J connectivity index is 1.91. The molecule has 5 heteroatoms. The molecule has 2 aliphatic heterocycles. The minimum absolute atomic E-state index is 0.298. The Labute approximate surface area is 152 Å². The van der Waals surface area contributed by atoms with Gasteiger partial charge in [-0.15, -0.1) is 0 Å². The van der Waals surface area contributed by atoms with Gasteiger partial charge in [-0.3, -0.25) is 0 Å². The van der Waals surface area contributed by atoms with Crippen LogP contribution in [0.1, 0.15) is 18.1 Å². The van der Waals surface area contributed by atoms with E-state index >= 15 is 0 Å². The SMILES string of the molecule is COC1=CC(=O)O[C@]2(C)OC(c3ccccc3)(c3ccc(OC)cc3)[C@H]12. The summed E-state index contributed by atoms with van der Waals surface area (Å²) in [6.07, 6.45) is 1.40. The van der Waals surface area contributed by atoms with Crippen LogP contribution in [0.5, 0.6) is 5.75 Å². The van der Waals surface area contributed by atoms with Crippen molar-refractivity contribution in [3.63, 3.8) is 0 Å². The van der Waals surface area contributed by atoms with Crippen LogP contribution >= 0.6 is 0 Å². The zero-order valence-electron chi connectivity index (χ0n) is 14.9. The van der Waals surface area contributed by atoms with Crippen molar-refractivity contribution >= 4 is 5.97 Å². The van der Waals surface area contributed by atoms with E-state index in [1.54, 1.807) is 21.1 Å². The molecule has 0 radical (unpaired) electrons. The van der Waals surface area contributed by atoms with Gasteiger partial charge in [0.1, 0.15) is 23.0 Å². The fraction of sp³-hybridized carbons (Fsp3) is 0.286. The number of benzene rings is 2. The summed E-state index contributed by atoms with van der Waals surface area (Å²) in [4.78, 5) is 11.9. The number of hydrogen-bond acceptors (Lipinski definition) is 5. The maximum Gasteiger partial charge on any atom is 0.336 e. The average molecular weight is 352 g/mol. The van der Waals surface area contributed by atoms with Crippen molar-refractivity contribution in [1.82, 2.24) is 0 Å². The molecule has 0 aliphatic carbocycles. The van der Waals surface area contributed by atoms with Crippen molar-refractivity contribution < 1.29 is 23.7 Å². The molecule has 0 N–H and O–H groups in total. The van der Waals surface area contributed by atoms with Crippen molar-refractivity contribution in [2.24, 2.45) is 5.92 Å². The number of carbonyl (C=O) groups excluding carboxylic acids is 1. The first kappa shape index (κ1) is 16.7. The van der Waals surface area contributed by atoms with Crippen molar-refractivity contribution in [1.29, 1.82) is 0 Å². The smallest absolute Gasteiger partial charge is 0.336 e. The molecule has 2 aromatic carbocycles. The molecule has 0 spiro atoms. The van der Waals surface area contributed by atoms with E-state index in [9.17, 15) is 4.79 Å². The first-order valence-electron chi connectivity index (χ1n) is 8.42. The van der Waals surface area contributed by atoms with Crippen molar-refractivity contribution in [3.05, 3.63) is 77.6 Å². The standard InChI is InChI=1S/C21H20O5/c1-20-19(17(24-3)13-18(22)25-20)21(26-20,14-7-5-4-6-8-14)15-9-11-16(23-2)12-10-15/h4-13,19H,1-3H3/t19-,20-,21?/m1/s1. The molecule has 0 amide bonds. The van der Waals surface area contributed by atoms with E-state index in [-0.39, 0.29) is 5.92 Å². The minimum atomic E-state index is -1.08. The van der Waals surface area contributed by atoms with Crippen molar-refractivity contribution in [3.8, 4) is 5.75 Å². The highest BCUT2D eigenvalue weighted by Gasteiger charge is 2.70. The molecule has 3 atom stereocenters. The molecule has 26 heavy (non-hydrogen) atoms. The lowest BCUT2D eigenvalue weighted by Gasteiger charge is -2.61. The highest BCUT2D eigenvalue weighted by Crippen LogP contribution is 2.61. The van der Waals surface area contributed by atoms with Crippen LogP contribution in [0.25, 0.3) is 0 Å². The Morgan fingerprint density at radius 3 is 2.19 bits per heavy atom. The number of carbonyl (C=O) groups is 1. The van der Waals surface area contributed by atoms with Gasteiger partial charge in [0.25, 0.3) is 0 Å². The summed E-state index contributed by atoms with van der Waals surface area (Å²) in [5, 5.41) is 0. The summed E-state index contributed by atoms with van der Waals surface area (Å²) in [5.41, 5.74) is 1.09. The van der Waals surface area contributed by atoms with Crippen LogP contribution in [0.3, 0.4) is 0 Å². The van der Waals surface area contributed by atoms with Gasteiger partial charge in [-0.1, -0.05) is 42.5 Å². The van der Waals surface area contributed by atoms with Crippen molar-refractivity contribution in [2.45, 2.75) is 18.3 Å². The highest BCUT2D eigenvalue weighted by atomic mass is 16.8. The molecular weight excluding hydrogens is 332 g/mol. The maximum absolute atomic E-state index is 11.9. The van der Waals surface area contributed by atoms with Crippen LogP contribution in [0.4, 0.5) is 0 Å². The minimum Gasteiger partial charge on any atom is -0.500 e. The second-order valence-corrected chi connectivity index (χ2v) is 6.55.